The maximum absolute atomic E-state index is 9.68. The number of methoxy groups -OCH3 is 1. The van der Waals surface area contributed by atoms with E-state index in [1.165, 1.54) is 20.0 Å². The molecule has 0 spiro atoms. The Morgan fingerprint density at radius 2 is 2.00 bits per heavy atom. The standard InChI is InChI=1S/C18H15Cl2N3.C4H8O3/c19-15-6-5-13-14(12-4-3-7-21-11-12)10-16(22-18(13)17(15)20)23-8-1-2-9-23;1-7-3-2-4(5)6/h3-7,10-11H,1-2,8-9H2;2-3H2,1H3,(H,5,6). The van der Waals surface area contributed by atoms with Gasteiger partial charge in [-0.15, -0.1) is 0 Å². The number of carbonyl (C=O) groups is 1. The summed E-state index contributed by atoms with van der Waals surface area (Å²) >= 11 is 12.6. The third-order valence-corrected chi connectivity index (χ3v) is 5.58. The molecule has 1 aliphatic rings. The summed E-state index contributed by atoms with van der Waals surface area (Å²) in [6.07, 6.45) is 6.14. The number of carboxylic acid groups (broad SMARTS) is 1. The van der Waals surface area contributed by atoms with Crippen molar-refractivity contribution in [3.63, 3.8) is 0 Å². The smallest absolute Gasteiger partial charge is 0.305 e. The molecule has 1 fully saturated rings. The van der Waals surface area contributed by atoms with Gasteiger partial charge in [0.05, 0.1) is 28.6 Å². The van der Waals surface area contributed by atoms with E-state index >= 15 is 0 Å². The molecule has 0 atom stereocenters. The first-order valence-corrected chi connectivity index (χ1v) is 10.4. The molecule has 1 N–H and O–H groups in total. The minimum absolute atomic E-state index is 0.0938. The van der Waals surface area contributed by atoms with Crippen LogP contribution in [0.4, 0.5) is 5.82 Å². The lowest BCUT2D eigenvalue weighted by molar-refractivity contribution is -0.137. The second kappa shape index (κ2) is 10.6. The zero-order chi connectivity index (χ0) is 21.5. The van der Waals surface area contributed by atoms with Gasteiger partial charge in [-0.25, -0.2) is 4.98 Å². The highest BCUT2D eigenvalue weighted by atomic mass is 35.5. The summed E-state index contributed by atoms with van der Waals surface area (Å²) in [5.41, 5.74) is 2.89. The molecular weight excluding hydrogens is 425 g/mol. The Labute approximate surface area is 185 Å². The molecule has 2 aromatic heterocycles. The topological polar surface area (TPSA) is 75.6 Å². The number of aromatic nitrogens is 2. The molecule has 30 heavy (non-hydrogen) atoms. The number of pyridine rings is 2. The van der Waals surface area contributed by atoms with Gasteiger partial charge < -0.3 is 14.7 Å². The molecule has 4 rings (SSSR count). The molecule has 1 aliphatic heterocycles. The van der Waals surface area contributed by atoms with E-state index in [4.69, 9.17) is 33.3 Å². The van der Waals surface area contributed by atoms with Crippen molar-refractivity contribution in [2.24, 2.45) is 0 Å². The van der Waals surface area contributed by atoms with Crippen molar-refractivity contribution in [2.45, 2.75) is 19.3 Å². The second-order valence-corrected chi connectivity index (χ2v) is 7.64. The van der Waals surface area contributed by atoms with Crippen LogP contribution in [0.25, 0.3) is 22.0 Å². The normalized spacial score (nSPS) is 13.2. The molecule has 3 aromatic rings. The van der Waals surface area contributed by atoms with Crippen LogP contribution in [-0.4, -0.2) is 47.8 Å². The number of fused-ring (bicyclic) bond motifs is 1. The Bertz CT molecular complexity index is 1010. The first-order chi connectivity index (χ1) is 14.5. The number of carboxylic acids is 1. The Balaban J connectivity index is 0.000000318. The molecule has 3 heterocycles. The Morgan fingerprint density at radius 3 is 2.60 bits per heavy atom. The molecule has 0 aliphatic carbocycles. The van der Waals surface area contributed by atoms with E-state index in [0.717, 1.165) is 40.9 Å². The van der Waals surface area contributed by atoms with Crippen LogP contribution in [0.2, 0.25) is 10.0 Å². The number of hydrogen-bond donors (Lipinski definition) is 1. The molecule has 158 valence electrons. The Morgan fingerprint density at radius 1 is 1.23 bits per heavy atom. The molecule has 1 aromatic carbocycles. The van der Waals surface area contributed by atoms with Gasteiger partial charge in [-0.1, -0.05) is 35.3 Å². The number of anilines is 1. The van der Waals surface area contributed by atoms with Crippen LogP contribution in [0.1, 0.15) is 19.3 Å². The Hall–Kier alpha value is -2.41. The maximum Gasteiger partial charge on any atom is 0.305 e. The third-order valence-electron chi connectivity index (χ3n) is 4.78. The van der Waals surface area contributed by atoms with Crippen molar-refractivity contribution in [1.82, 2.24) is 9.97 Å². The average molecular weight is 448 g/mol. The van der Waals surface area contributed by atoms with Crippen molar-refractivity contribution in [3.8, 4) is 11.1 Å². The molecule has 8 heteroatoms. The zero-order valence-electron chi connectivity index (χ0n) is 16.6. The summed E-state index contributed by atoms with van der Waals surface area (Å²) in [6.45, 7) is 2.36. The largest absolute Gasteiger partial charge is 0.481 e. The summed E-state index contributed by atoms with van der Waals surface area (Å²) in [7, 11) is 1.48. The third kappa shape index (κ3) is 5.39. The van der Waals surface area contributed by atoms with Crippen LogP contribution in [0.15, 0.2) is 42.7 Å². The Kier molecular flexibility index (Phi) is 7.85. The van der Waals surface area contributed by atoms with Gasteiger partial charge in [-0.3, -0.25) is 9.78 Å². The predicted octanol–water partition coefficient (Wildman–Crippen LogP) is 5.31. The molecule has 0 amide bonds. The SMILES string of the molecule is COCCC(=O)O.Clc1ccc2c(-c3cccnc3)cc(N3CCCC3)nc2c1Cl. The first kappa shape index (κ1) is 22.3. The van der Waals surface area contributed by atoms with Crippen molar-refractivity contribution >= 4 is 45.9 Å². The van der Waals surface area contributed by atoms with Gasteiger partial charge in [0.2, 0.25) is 0 Å². The highest BCUT2D eigenvalue weighted by molar-refractivity contribution is 6.45. The van der Waals surface area contributed by atoms with Crippen LogP contribution in [0.3, 0.4) is 0 Å². The lowest BCUT2D eigenvalue weighted by atomic mass is 10.0. The lowest BCUT2D eigenvalue weighted by Crippen LogP contribution is -2.19. The molecular formula is C22H23Cl2N3O3. The second-order valence-electron chi connectivity index (χ2n) is 6.86. The quantitative estimate of drug-likeness (QED) is 0.570. The highest BCUT2D eigenvalue weighted by Gasteiger charge is 2.18. The van der Waals surface area contributed by atoms with Crippen molar-refractivity contribution in [1.29, 1.82) is 0 Å². The number of benzene rings is 1. The van der Waals surface area contributed by atoms with E-state index in [0.29, 0.717) is 16.7 Å². The molecule has 1 saturated heterocycles. The van der Waals surface area contributed by atoms with Crippen LogP contribution >= 0.6 is 23.2 Å². The van der Waals surface area contributed by atoms with Gasteiger partial charge in [0.15, 0.2) is 0 Å². The van der Waals surface area contributed by atoms with E-state index in [-0.39, 0.29) is 6.42 Å². The molecule has 0 saturated carbocycles. The zero-order valence-corrected chi connectivity index (χ0v) is 18.2. The number of ether oxygens (including phenoxy) is 1. The van der Waals surface area contributed by atoms with Crippen LogP contribution in [-0.2, 0) is 9.53 Å². The van der Waals surface area contributed by atoms with Crippen molar-refractivity contribution < 1.29 is 14.6 Å². The summed E-state index contributed by atoms with van der Waals surface area (Å²) in [5.74, 6) is 0.139. The van der Waals surface area contributed by atoms with Crippen LogP contribution in [0.5, 0.6) is 0 Å². The fourth-order valence-electron chi connectivity index (χ4n) is 3.28. The number of nitrogens with zero attached hydrogens (tertiary/aromatic N) is 3. The highest BCUT2D eigenvalue weighted by Crippen LogP contribution is 2.37. The van der Waals surface area contributed by atoms with E-state index in [2.05, 4.69) is 26.8 Å². The van der Waals surface area contributed by atoms with Gasteiger partial charge in [0.25, 0.3) is 0 Å². The molecule has 6 nitrogen and oxygen atoms in total. The fraction of sp³-hybridized carbons (Fsp3) is 0.318. The van der Waals surface area contributed by atoms with Gasteiger partial charge in [-0.05, 0) is 36.6 Å². The van der Waals surface area contributed by atoms with Gasteiger partial charge in [-0.2, -0.15) is 0 Å². The van der Waals surface area contributed by atoms with Gasteiger partial charge in [0, 0.05) is 43.5 Å². The van der Waals surface area contributed by atoms with Crippen molar-refractivity contribution in [2.75, 3.05) is 31.7 Å². The summed E-state index contributed by atoms with van der Waals surface area (Å²) in [4.78, 5) is 21.0. The van der Waals surface area contributed by atoms with Crippen LogP contribution < -0.4 is 4.90 Å². The molecule has 0 radical (unpaired) electrons. The van der Waals surface area contributed by atoms with Crippen molar-refractivity contribution in [3.05, 3.63) is 52.8 Å². The minimum Gasteiger partial charge on any atom is -0.481 e. The number of halogens is 2. The van der Waals surface area contributed by atoms with E-state index in [9.17, 15) is 4.79 Å². The number of aliphatic carboxylic acids is 1. The molecule has 0 unspecified atom stereocenters. The minimum atomic E-state index is -0.818. The summed E-state index contributed by atoms with van der Waals surface area (Å²) < 4.78 is 4.47. The number of hydrogen-bond acceptors (Lipinski definition) is 5. The van der Waals surface area contributed by atoms with E-state index in [1.807, 2.05) is 24.4 Å². The first-order valence-electron chi connectivity index (χ1n) is 9.66. The summed E-state index contributed by atoms with van der Waals surface area (Å²) in [5, 5.41) is 10.00. The van der Waals surface area contributed by atoms with Gasteiger partial charge in [0.1, 0.15) is 5.82 Å². The van der Waals surface area contributed by atoms with E-state index < -0.39 is 5.97 Å². The lowest BCUT2D eigenvalue weighted by Gasteiger charge is -2.19. The van der Waals surface area contributed by atoms with Crippen LogP contribution in [0, 0.1) is 0 Å². The fourth-order valence-corrected chi connectivity index (χ4v) is 3.64. The molecule has 0 bridgehead atoms. The average Bonchev–Trinajstić information content (AvgIpc) is 3.30. The van der Waals surface area contributed by atoms with E-state index in [1.54, 1.807) is 6.20 Å². The monoisotopic (exact) mass is 447 g/mol. The maximum atomic E-state index is 9.68. The number of rotatable bonds is 5. The summed E-state index contributed by atoms with van der Waals surface area (Å²) in [6, 6.07) is 9.93. The predicted molar refractivity (Wildman–Crippen MR) is 121 cm³/mol. The van der Waals surface area contributed by atoms with Gasteiger partial charge >= 0.3 is 5.97 Å².